The number of piperidine rings is 1. The molecule has 1 aromatic carbocycles. The average Bonchev–Trinajstić information content (AvgIpc) is 2.27. The fourth-order valence-corrected chi connectivity index (χ4v) is 2.71. The topological polar surface area (TPSA) is 23.5 Å². The molecule has 1 aliphatic heterocycles. The van der Waals surface area contributed by atoms with Crippen molar-refractivity contribution < 1.29 is 18.3 Å². The molecule has 1 N–H and O–H groups in total. The fourth-order valence-electron chi connectivity index (χ4n) is 2.12. The van der Waals surface area contributed by atoms with Gasteiger partial charge in [0.15, 0.2) is 0 Å². The van der Waals surface area contributed by atoms with Crippen molar-refractivity contribution in [3.63, 3.8) is 0 Å². The number of rotatable bonds is 1. The van der Waals surface area contributed by atoms with Gasteiger partial charge in [0, 0.05) is 23.2 Å². The molecule has 0 spiro atoms. The molecule has 6 heteroatoms. The normalized spacial score (nSPS) is 21.2. The third-order valence-electron chi connectivity index (χ3n) is 3.02. The van der Waals surface area contributed by atoms with E-state index in [-0.39, 0.29) is 4.47 Å². The molecular formula is C12H13BrF3NO. The van der Waals surface area contributed by atoms with E-state index >= 15 is 0 Å². The molecule has 1 saturated heterocycles. The maximum atomic E-state index is 12.6. The van der Waals surface area contributed by atoms with Crippen LogP contribution in [-0.2, 0) is 6.18 Å². The van der Waals surface area contributed by atoms with Gasteiger partial charge in [0.2, 0.25) is 0 Å². The predicted molar refractivity (Wildman–Crippen MR) is 66.6 cm³/mol. The minimum atomic E-state index is -4.35. The molecule has 1 heterocycles. The first-order chi connectivity index (χ1) is 8.38. The van der Waals surface area contributed by atoms with Crippen LogP contribution in [0.2, 0.25) is 0 Å². The molecule has 2 rings (SSSR count). The molecule has 100 valence electrons. The Morgan fingerprint density at radius 1 is 1.33 bits per heavy atom. The van der Waals surface area contributed by atoms with Crippen molar-refractivity contribution in [3.8, 4) is 0 Å². The van der Waals surface area contributed by atoms with Gasteiger partial charge in [0.05, 0.1) is 11.7 Å². The van der Waals surface area contributed by atoms with Crippen LogP contribution >= 0.6 is 15.9 Å². The molecule has 18 heavy (non-hydrogen) atoms. The zero-order chi connectivity index (χ0) is 13.3. The largest absolute Gasteiger partial charge is 0.417 e. The van der Waals surface area contributed by atoms with Gasteiger partial charge in [-0.3, -0.25) is 0 Å². The van der Waals surface area contributed by atoms with E-state index in [1.165, 1.54) is 12.1 Å². The Hall–Kier alpha value is -0.750. The van der Waals surface area contributed by atoms with Crippen LogP contribution in [0.1, 0.15) is 18.4 Å². The van der Waals surface area contributed by atoms with Gasteiger partial charge in [-0.05, 0) is 31.0 Å². The van der Waals surface area contributed by atoms with E-state index in [4.69, 9.17) is 0 Å². The van der Waals surface area contributed by atoms with Crippen LogP contribution in [0.4, 0.5) is 18.9 Å². The molecular weight excluding hydrogens is 311 g/mol. The standard InChI is InChI=1S/C12H13BrF3NO/c13-11-6-8(3-4-10(11)12(14,15)16)17-5-1-2-9(18)7-17/h3-4,6,9,18H,1-2,5,7H2/t9-/m1/s1. The van der Waals surface area contributed by atoms with E-state index in [2.05, 4.69) is 15.9 Å². The van der Waals surface area contributed by atoms with Crippen LogP contribution in [0.3, 0.4) is 0 Å². The summed E-state index contributed by atoms with van der Waals surface area (Å²) >= 11 is 2.96. The van der Waals surface area contributed by atoms with Crippen LogP contribution in [-0.4, -0.2) is 24.3 Å². The Balaban J connectivity index is 2.23. The lowest BCUT2D eigenvalue weighted by molar-refractivity contribution is -0.138. The molecule has 0 aromatic heterocycles. The number of anilines is 1. The lowest BCUT2D eigenvalue weighted by Crippen LogP contribution is -2.38. The number of aliphatic hydroxyl groups is 1. The predicted octanol–water partition coefficient (Wildman–Crippen LogP) is 3.43. The first-order valence-corrected chi connectivity index (χ1v) is 6.47. The average molecular weight is 324 g/mol. The Labute approximate surface area is 112 Å². The van der Waals surface area contributed by atoms with Gasteiger partial charge in [-0.2, -0.15) is 13.2 Å². The van der Waals surface area contributed by atoms with E-state index in [0.717, 1.165) is 25.5 Å². The summed E-state index contributed by atoms with van der Waals surface area (Å²) in [5.74, 6) is 0. The maximum Gasteiger partial charge on any atom is 0.417 e. The van der Waals surface area contributed by atoms with Crippen molar-refractivity contribution in [2.24, 2.45) is 0 Å². The minimum absolute atomic E-state index is 0.0348. The van der Waals surface area contributed by atoms with E-state index in [1.807, 2.05) is 4.90 Å². The highest BCUT2D eigenvalue weighted by molar-refractivity contribution is 9.10. The summed E-state index contributed by atoms with van der Waals surface area (Å²) in [5.41, 5.74) is 0.0254. The summed E-state index contributed by atoms with van der Waals surface area (Å²) in [4.78, 5) is 1.90. The summed E-state index contributed by atoms with van der Waals surface area (Å²) in [5, 5.41) is 9.56. The second-order valence-electron chi connectivity index (χ2n) is 4.40. The van der Waals surface area contributed by atoms with Crippen molar-refractivity contribution in [1.29, 1.82) is 0 Å². The minimum Gasteiger partial charge on any atom is -0.391 e. The van der Waals surface area contributed by atoms with Crippen molar-refractivity contribution >= 4 is 21.6 Å². The first kappa shape index (κ1) is 13.7. The zero-order valence-corrected chi connectivity index (χ0v) is 11.1. The molecule has 0 unspecified atom stereocenters. The first-order valence-electron chi connectivity index (χ1n) is 5.67. The molecule has 0 bridgehead atoms. The summed E-state index contributed by atoms with van der Waals surface area (Å²) in [7, 11) is 0. The van der Waals surface area contributed by atoms with E-state index in [0.29, 0.717) is 12.2 Å². The number of aliphatic hydroxyl groups excluding tert-OH is 1. The molecule has 1 fully saturated rings. The molecule has 0 aliphatic carbocycles. The number of nitrogens with zero attached hydrogens (tertiary/aromatic N) is 1. The smallest absolute Gasteiger partial charge is 0.391 e. The van der Waals surface area contributed by atoms with Crippen LogP contribution in [0, 0.1) is 0 Å². The van der Waals surface area contributed by atoms with Crippen molar-refractivity contribution in [2.45, 2.75) is 25.1 Å². The lowest BCUT2D eigenvalue weighted by atomic mass is 10.1. The number of halogens is 4. The summed E-state index contributed by atoms with van der Waals surface area (Å²) < 4.78 is 37.8. The van der Waals surface area contributed by atoms with Gasteiger partial charge in [-0.25, -0.2) is 0 Å². The number of hydrogen-bond donors (Lipinski definition) is 1. The van der Waals surface area contributed by atoms with E-state index in [9.17, 15) is 18.3 Å². The molecule has 0 amide bonds. The van der Waals surface area contributed by atoms with E-state index in [1.54, 1.807) is 0 Å². The number of hydrogen-bond acceptors (Lipinski definition) is 2. The second kappa shape index (κ2) is 5.09. The number of benzene rings is 1. The molecule has 1 atom stereocenters. The summed E-state index contributed by atoms with van der Waals surface area (Å²) in [6.45, 7) is 1.23. The monoisotopic (exact) mass is 323 g/mol. The Kier molecular flexibility index (Phi) is 3.87. The van der Waals surface area contributed by atoms with Gasteiger partial charge < -0.3 is 10.0 Å². The van der Waals surface area contributed by atoms with Gasteiger partial charge in [-0.1, -0.05) is 15.9 Å². The molecule has 1 aliphatic rings. The lowest BCUT2D eigenvalue weighted by Gasteiger charge is -2.32. The van der Waals surface area contributed by atoms with Gasteiger partial charge in [0.1, 0.15) is 0 Å². The highest BCUT2D eigenvalue weighted by Crippen LogP contribution is 2.37. The van der Waals surface area contributed by atoms with Gasteiger partial charge in [0.25, 0.3) is 0 Å². The quantitative estimate of drug-likeness (QED) is 0.856. The van der Waals surface area contributed by atoms with Crippen molar-refractivity contribution in [2.75, 3.05) is 18.0 Å². The summed E-state index contributed by atoms with van der Waals surface area (Å²) in [6, 6.07) is 3.98. The Morgan fingerprint density at radius 3 is 2.61 bits per heavy atom. The molecule has 1 aromatic rings. The summed E-state index contributed by atoms with van der Waals surface area (Å²) in [6.07, 6.45) is -3.16. The third-order valence-corrected chi connectivity index (χ3v) is 3.68. The van der Waals surface area contributed by atoms with E-state index < -0.39 is 17.8 Å². The number of β-amino-alcohol motifs (C(OH)–C–C–N with tert-alkyl or cyclic N) is 1. The van der Waals surface area contributed by atoms with Crippen LogP contribution < -0.4 is 4.90 Å². The zero-order valence-electron chi connectivity index (χ0n) is 9.54. The maximum absolute atomic E-state index is 12.6. The molecule has 0 radical (unpaired) electrons. The molecule has 0 saturated carbocycles. The number of alkyl halides is 3. The SMILES string of the molecule is O[C@@H]1CCCN(c2ccc(C(F)(F)F)c(Br)c2)C1. The highest BCUT2D eigenvalue weighted by atomic mass is 79.9. The Morgan fingerprint density at radius 2 is 2.06 bits per heavy atom. The Bertz CT molecular complexity index is 436. The van der Waals surface area contributed by atoms with Gasteiger partial charge in [-0.15, -0.1) is 0 Å². The van der Waals surface area contributed by atoms with Crippen LogP contribution in [0.15, 0.2) is 22.7 Å². The van der Waals surface area contributed by atoms with Crippen LogP contribution in [0.25, 0.3) is 0 Å². The van der Waals surface area contributed by atoms with Gasteiger partial charge >= 0.3 is 6.18 Å². The van der Waals surface area contributed by atoms with Crippen molar-refractivity contribution in [3.05, 3.63) is 28.2 Å². The highest BCUT2D eigenvalue weighted by Gasteiger charge is 2.33. The molecule has 2 nitrogen and oxygen atoms in total. The van der Waals surface area contributed by atoms with Crippen LogP contribution in [0.5, 0.6) is 0 Å². The fraction of sp³-hybridized carbons (Fsp3) is 0.500. The third kappa shape index (κ3) is 2.98. The van der Waals surface area contributed by atoms with Crippen molar-refractivity contribution in [1.82, 2.24) is 0 Å². The second-order valence-corrected chi connectivity index (χ2v) is 5.26.